The number of piperidine rings is 1. The minimum absolute atomic E-state index is 0.0781. The Morgan fingerprint density at radius 2 is 1.68 bits per heavy atom. The van der Waals surface area contributed by atoms with E-state index in [2.05, 4.69) is 35.7 Å². The second-order valence-electron chi connectivity index (χ2n) is 14.9. The van der Waals surface area contributed by atoms with Gasteiger partial charge in [0, 0.05) is 62.5 Å². The number of hydrogen-bond acceptors (Lipinski definition) is 11. The number of methoxy groups -OCH3 is 1. The molecule has 5 amide bonds. The van der Waals surface area contributed by atoms with Crippen LogP contribution in [0, 0.1) is 5.82 Å². The Bertz CT molecular complexity index is 2430. The van der Waals surface area contributed by atoms with Crippen molar-refractivity contribution in [1.29, 1.82) is 0 Å². The SMILES string of the molecule is COc1cccc(F)c1-c1ncc2[nH]nc(-c3ccc(N4CCN(C(=O)CCCCCCCNc5ccc6c(c5)C(=O)N(C5CCC(=O)NC5=O)C6=O)CC4)cc3)c2n1. The van der Waals surface area contributed by atoms with Crippen molar-refractivity contribution in [2.45, 2.75) is 57.4 Å². The van der Waals surface area contributed by atoms with Crippen LogP contribution in [0.5, 0.6) is 5.75 Å². The number of nitrogens with one attached hydrogen (secondary N) is 3. The second kappa shape index (κ2) is 17.0. The summed E-state index contributed by atoms with van der Waals surface area (Å²) in [5.74, 6) is -1.81. The number of nitrogens with zero attached hydrogens (tertiary/aromatic N) is 6. The van der Waals surface area contributed by atoms with E-state index in [0.29, 0.717) is 48.5 Å². The zero-order valence-electron chi connectivity index (χ0n) is 32.6. The number of hydrogen-bond donors (Lipinski definition) is 3. The number of benzene rings is 3. The summed E-state index contributed by atoms with van der Waals surface area (Å²) < 4.78 is 20.1. The van der Waals surface area contributed by atoms with Crippen LogP contribution in [0.15, 0.2) is 66.9 Å². The number of rotatable bonds is 14. The Morgan fingerprint density at radius 3 is 2.46 bits per heavy atom. The molecule has 59 heavy (non-hydrogen) atoms. The van der Waals surface area contributed by atoms with Gasteiger partial charge in [-0.05, 0) is 61.7 Å². The molecule has 5 aromatic rings. The fourth-order valence-corrected chi connectivity index (χ4v) is 7.97. The first kappa shape index (κ1) is 39.1. The summed E-state index contributed by atoms with van der Waals surface area (Å²) in [6.45, 7) is 3.47. The van der Waals surface area contributed by atoms with Gasteiger partial charge in [0.15, 0.2) is 5.82 Å². The lowest BCUT2D eigenvalue weighted by Gasteiger charge is -2.36. The van der Waals surface area contributed by atoms with Crippen molar-refractivity contribution in [3.8, 4) is 28.4 Å². The molecule has 3 N–H and O–H groups in total. The number of unbranched alkanes of at least 4 members (excludes halogenated alkanes) is 4. The second-order valence-corrected chi connectivity index (χ2v) is 14.9. The molecule has 15 nitrogen and oxygen atoms in total. The van der Waals surface area contributed by atoms with Crippen LogP contribution in [0.25, 0.3) is 33.7 Å². The molecule has 5 heterocycles. The van der Waals surface area contributed by atoms with Crippen LogP contribution in [0.2, 0.25) is 0 Å². The number of aromatic nitrogens is 4. The van der Waals surface area contributed by atoms with Crippen LogP contribution in [0.3, 0.4) is 0 Å². The summed E-state index contributed by atoms with van der Waals surface area (Å²) in [5.41, 5.74) is 5.17. The van der Waals surface area contributed by atoms with E-state index in [1.807, 2.05) is 29.2 Å². The average Bonchev–Trinajstić information content (AvgIpc) is 3.78. The number of fused-ring (bicyclic) bond motifs is 2. The molecule has 1 atom stereocenters. The maximum Gasteiger partial charge on any atom is 0.262 e. The first-order valence-corrected chi connectivity index (χ1v) is 20.0. The van der Waals surface area contributed by atoms with Gasteiger partial charge in [-0.15, -0.1) is 0 Å². The highest BCUT2D eigenvalue weighted by atomic mass is 19.1. The Labute approximate surface area is 339 Å². The van der Waals surface area contributed by atoms with Gasteiger partial charge in [0.1, 0.15) is 34.3 Å². The predicted octanol–water partition coefficient (Wildman–Crippen LogP) is 5.34. The minimum atomic E-state index is -0.987. The highest BCUT2D eigenvalue weighted by Crippen LogP contribution is 2.34. The minimum Gasteiger partial charge on any atom is -0.496 e. The lowest BCUT2D eigenvalue weighted by atomic mass is 10.0. The smallest absolute Gasteiger partial charge is 0.262 e. The van der Waals surface area contributed by atoms with Gasteiger partial charge >= 0.3 is 0 Å². The van der Waals surface area contributed by atoms with E-state index in [1.54, 1.807) is 36.5 Å². The molecule has 3 aliphatic heterocycles. The van der Waals surface area contributed by atoms with E-state index in [0.717, 1.165) is 67.0 Å². The number of H-pyrrole nitrogens is 1. The van der Waals surface area contributed by atoms with Crippen molar-refractivity contribution in [2.75, 3.05) is 50.1 Å². The van der Waals surface area contributed by atoms with Gasteiger partial charge in [-0.1, -0.05) is 37.5 Å². The molecule has 304 valence electrons. The number of imide groups is 2. The molecule has 3 aromatic carbocycles. The molecule has 0 bridgehead atoms. The monoisotopic (exact) mass is 801 g/mol. The number of carbonyl (C=O) groups is 5. The Balaban J connectivity index is 0.743. The standard InChI is InChI=1S/C43H44FN9O6/c1-59-34-9-7-8-31(44)37(34)40-46-25-32-39(48-40)38(50-49-32)26-11-14-28(15-12-26)51-20-22-52(23-21-51)36(55)10-5-3-2-4-6-19-45-27-13-16-29-30(24-27)43(58)53(42(29)57)33-17-18-35(54)47-41(33)56/h7-9,11-16,24-25,33,45H,2-6,10,17-23H2,1H3,(H,49,50)(H,47,54,56). The van der Waals surface area contributed by atoms with Gasteiger partial charge in [-0.3, -0.25) is 39.3 Å². The fourth-order valence-electron chi connectivity index (χ4n) is 7.97. The van der Waals surface area contributed by atoms with Crippen LogP contribution < -0.4 is 20.3 Å². The van der Waals surface area contributed by atoms with E-state index in [4.69, 9.17) is 4.74 Å². The fraction of sp³-hybridized carbons (Fsp3) is 0.349. The number of halogens is 1. The quantitative estimate of drug-likeness (QED) is 0.0974. The molecule has 1 unspecified atom stereocenters. The van der Waals surface area contributed by atoms with Gasteiger partial charge < -0.3 is 19.9 Å². The lowest BCUT2D eigenvalue weighted by Crippen LogP contribution is -2.54. The predicted molar refractivity (Wildman–Crippen MR) is 217 cm³/mol. The first-order chi connectivity index (χ1) is 28.7. The van der Waals surface area contributed by atoms with Crippen molar-refractivity contribution >= 4 is 51.9 Å². The van der Waals surface area contributed by atoms with Crippen molar-refractivity contribution in [3.63, 3.8) is 0 Å². The third kappa shape index (κ3) is 8.07. The third-order valence-electron chi connectivity index (χ3n) is 11.2. The summed E-state index contributed by atoms with van der Waals surface area (Å²) in [4.78, 5) is 77.1. The molecular weight excluding hydrogens is 758 g/mol. The topological polar surface area (TPSA) is 183 Å². The normalized spacial score (nSPS) is 16.8. The van der Waals surface area contributed by atoms with E-state index in [1.165, 1.54) is 13.2 Å². The molecule has 0 spiro atoms. The molecule has 8 rings (SSSR count). The van der Waals surface area contributed by atoms with Gasteiger partial charge in [-0.2, -0.15) is 5.10 Å². The summed E-state index contributed by atoms with van der Waals surface area (Å²) in [5, 5.41) is 13.0. The molecule has 2 saturated heterocycles. The summed E-state index contributed by atoms with van der Waals surface area (Å²) >= 11 is 0. The Hall–Kier alpha value is -6.71. The van der Waals surface area contributed by atoms with Crippen molar-refractivity contribution in [1.82, 2.24) is 35.3 Å². The highest BCUT2D eigenvalue weighted by Gasteiger charge is 2.44. The van der Waals surface area contributed by atoms with Crippen LogP contribution in [-0.2, 0) is 14.4 Å². The number of anilines is 2. The largest absolute Gasteiger partial charge is 0.496 e. The van der Waals surface area contributed by atoms with Crippen molar-refractivity contribution in [3.05, 3.63) is 83.8 Å². The molecule has 0 radical (unpaired) electrons. The summed E-state index contributed by atoms with van der Waals surface area (Å²) in [7, 11) is 1.48. The number of ether oxygens (including phenoxy) is 1. The molecule has 2 aromatic heterocycles. The van der Waals surface area contributed by atoms with Crippen LogP contribution in [0.1, 0.15) is 72.1 Å². The zero-order chi connectivity index (χ0) is 41.0. The first-order valence-electron chi connectivity index (χ1n) is 20.0. The van der Waals surface area contributed by atoms with E-state index < -0.39 is 35.5 Å². The molecule has 0 aliphatic carbocycles. The van der Waals surface area contributed by atoms with Crippen molar-refractivity contribution in [2.24, 2.45) is 0 Å². The van der Waals surface area contributed by atoms with Gasteiger partial charge in [0.25, 0.3) is 11.8 Å². The highest BCUT2D eigenvalue weighted by molar-refractivity contribution is 6.23. The van der Waals surface area contributed by atoms with E-state index in [-0.39, 0.29) is 41.3 Å². The Kier molecular flexibility index (Phi) is 11.3. The van der Waals surface area contributed by atoms with Gasteiger partial charge in [-0.25, -0.2) is 14.4 Å². The van der Waals surface area contributed by atoms with E-state index in [9.17, 15) is 28.4 Å². The van der Waals surface area contributed by atoms with Crippen LogP contribution >= 0.6 is 0 Å². The maximum absolute atomic E-state index is 14.8. The number of piperazine rings is 1. The third-order valence-corrected chi connectivity index (χ3v) is 11.2. The molecule has 0 saturated carbocycles. The maximum atomic E-state index is 14.8. The lowest BCUT2D eigenvalue weighted by molar-refractivity contribution is -0.136. The molecule has 16 heteroatoms. The molecular formula is C43H44FN9O6. The zero-order valence-corrected chi connectivity index (χ0v) is 32.6. The van der Waals surface area contributed by atoms with Crippen LogP contribution in [-0.4, -0.2) is 105 Å². The van der Waals surface area contributed by atoms with Crippen LogP contribution in [0.4, 0.5) is 15.8 Å². The number of aromatic amines is 1. The summed E-state index contributed by atoms with van der Waals surface area (Å²) in [6.07, 6.45) is 7.00. The molecule has 2 fully saturated rings. The average molecular weight is 802 g/mol. The van der Waals surface area contributed by atoms with Gasteiger partial charge in [0.05, 0.1) is 30.0 Å². The Morgan fingerprint density at radius 1 is 0.915 bits per heavy atom. The van der Waals surface area contributed by atoms with E-state index >= 15 is 0 Å². The number of amides is 5. The number of carbonyl (C=O) groups excluding carboxylic acids is 5. The summed E-state index contributed by atoms with van der Waals surface area (Å²) in [6, 6.07) is 16.7. The van der Waals surface area contributed by atoms with Gasteiger partial charge in [0.2, 0.25) is 17.7 Å². The van der Waals surface area contributed by atoms with Crippen molar-refractivity contribution < 1.29 is 33.1 Å². The molecule has 3 aliphatic rings.